The topological polar surface area (TPSA) is 50.7 Å². The van der Waals surface area contributed by atoms with Crippen molar-refractivity contribution >= 4 is 12.1 Å². The van der Waals surface area contributed by atoms with Gasteiger partial charge >= 0.3 is 0 Å². The molecule has 3 unspecified atom stereocenters. The van der Waals surface area contributed by atoms with Gasteiger partial charge in [0.2, 0.25) is 0 Å². The van der Waals surface area contributed by atoms with Crippen LogP contribution in [0.5, 0.6) is 5.75 Å². The number of hydrogen-bond donors (Lipinski definition) is 1. The lowest BCUT2D eigenvalue weighted by molar-refractivity contribution is 0.0952. The average molecular weight is 270 g/mol. The lowest BCUT2D eigenvalue weighted by Gasteiger charge is -2.12. The van der Waals surface area contributed by atoms with Crippen molar-refractivity contribution in [3.8, 4) is 5.75 Å². The molecule has 0 heterocycles. The van der Waals surface area contributed by atoms with E-state index in [-0.39, 0.29) is 5.91 Å². The van der Waals surface area contributed by atoms with Crippen molar-refractivity contribution in [2.45, 2.75) is 12.8 Å². The van der Waals surface area contributed by atoms with Gasteiger partial charge in [0.1, 0.15) is 5.75 Å². The molecule has 20 heavy (non-hydrogen) atoms. The van der Waals surface area contributed by atoms with Crippen molar-refractivity contribution < 1.29 is 9.53 Å². The minimum absolute atomic E-state index is 0.239. The van der Waals surface area contributed by atoms with Crippen LogP contribution in [0.2, 0.25) is 0 Å². The molecule has 0 aromatic heterocycles. The van der Waals surface area contributed by atoms with Crippen LogP contribution in [-0.4, -0.2) is 19.2 Å². The number of carbonyl (C=O) groups excluding carboxylic acids is 1. The van der Waals surface area contributed by atoms with E-state index in [0.717, 1.165) is 6.42 Å². The molecule has 2 aliphatic rings. The molecule has 1 amide bonds. The average Bonchev–Trinajstić information content (AvgIpc) is 3.09. The first kappa shape index (κ1) is 12.9. The van der Waals surface area contributed by atoms with Crippen LogP contribution in [0.4, 0.5) is 0 Å². The van der Waals surface area contributed by atoms with Crippen LogP contribution < -0.4 is 10.2 Å². The lowest BCUT2D eigenvalue weighted by Crippen LogP contribution is -2.20. The number of amides is 1. The zero-order valence-corrected chi connectivity index (χ0v) is 11.5. The van der Waals surface area contributed by atoms with Gasteiger partial charge in [-0.05, 0) is 36.8 Å². The number of fused-ring (bicyclic) bond motifs is 2. The molecule has 0 radical (unpaired) electrons. The molecule has 4 heteroatoms. The molecular formula is C16H18N2O2. The number of para-hydroxylation sites is 1. The molecule has 1 aromatic carbocycles. The van der Waals surface area contributed by atoms with Crippen LogP contribution in [0.25, 0.3) is 0 Å². The highest BCUT2D eigenvalue weighted by atomic mass is 16.5. The molecular weight excluding hydrogens is 252 g/mol. The first-order valence-corrected chi connectivity index (χ1v) is 6.93. The maximum absolute atomic E-state index is 12.0. The second-order valence-corrected chi connectivity index (χ2v) is 5.36. The summed E-state index contributed by atoms with van der Waals surface area (Å²) in [6, 6.07) is 7.13. The third-order valence-electron chi connectivity index (χ3n) is 4.11. The summed E-state index contributed by atoms with van der Waals surface area (Å²) in [5.41, 5.74) is 3.09. The van der Waals surface area contributed by atoms with Crippen LogP contribution in [0.3, 0.4) is 0 Å². The Kier molecular flexibility index (Phi) is 3.54. The predicted molar refractivity (Wildman–Crippen MR) is 77.8 cm³/mol. The van der Waals surface area contributed by atoms with E-state index in [1.165, 1.54) is 6.42 Å². The van der Waals surface area contributed by atoms with Gasteiger partial charge in [0.05, 0.1) is 12.7 Å². The maximum atomic E-state index is 12.0. The minimum atomic E-state index is -0.239. The quantitative estimate of drug-likeness (QED) is 0.519. The molecule has 1 aromatic rings. The smallest absolute Gasteiger partial charge is 0.275 e. The predicted octanol–water partition coefficient (Wildman–Crippen LogP) is 2.62. The van der Waals surface area contributed by atoms with E-state index < -0.39 is 0 Å². The molecule has 0 aliphatic heterocycles. The van der Waals surface area contributed by atoms with Crippen LogP contribution >= 0.6 is 0 Å². The highest BCUT2D eigenvalue weighted by Gasteiger charge is 2.34. The molecule has 2 aliphatic carbocycles. The minimum Gasteiger partial charge on any atom is -0.496 e. The summed E-state index contributed by atoms with van der Waals surface area (Å²) in [5, 5.41) is 4.11. The normalized spacial score (nSPS) is 27.1. The van der Waals surface area contributed by atoms with Gasteiger partial charge < -0.3 is 4.74 Å². The van der Waals surface area contributed by atoms with Gasteiger partial charge in [-0.25, -0.2) is 5.43 Å². The first-order valence-electron chi connectivity index (χ1n) is 6.93. The zero-order valence-electron chi connectivity index (χ0n) is 11.5. The van der Waals surface area contributed by atoms with Gasteiger partial charge in [-0.3, -0.25) is 4.79 Å². The van der Waals surface area contributed by atoms with E-state index in [1.54, 1.807) is 19.2 Å². The van der Waals surface area contributed by atoms with E-state index in [1.807, 2.05) is 18.3 Å². The number of hydrazone groups is 1. The van der Waals surface area contributed by atoms with Gasteiger partial charge in [0, 0.05) is 12.1 Å². The molecule has 104 valence electrons. The van der Waals surface area contributed by atoms with Gasteiger partial charge in [0.15, 0.2) is 0 Å². The molecule has 1 fully saturated rings. The fourth-order valence-electron chi connectivity index (χ4n) is 3.08. The molecule has 0 saturated heterocycles. The summed E-state index contributed by atoms with van der Waals surface area (Å²) >= 11 is 0. The van der Waals surface area contributed by atoms with Crippen molar-refractivity contribution in [2.24, 2.45) is 22.9 Å². The second-order valence-electron chi connectivity index (χ2n) is 5.36. The fraction of sp³-hybridized carbons (Fsp3) is 0.375. The zero-order chi connectivity index (χ0) is 13.9. The SMILES string of the molecule is COc1ccccc1C(=O)N/N=C/C1CC2C=CC1C2. The standard InChI is InChI=1S/C16H18N2O2/c1-20-15-5-3-2-4-14(15)16(19)18-17-10-13-9-11-6-7-12(13)8-11/h2-7,10-13H,8-9H2,1H3,(H,18,19)/b17-10+. The van der Waals surface area contributed by atoms with E-state index in [9.17, 15) is 4.79 Å². The summed E-state index contributed by atoms with van der Waals surface area (Å²) in [6.07, 6.45) is 8.82. The Balaban J connectivity index is 1.61. The largest absolute Gasteiger partial charge is 0.496 e. The summed E-state index contributed by atoms with van der Waals surface area (Å²) in [5.74, 6) is 2.09. The maximum Gasteiger partial charge on any atom is 0.275 e. The summed E-state index contributed by atoms with van der Waals surface area (Å²) in [7, 11) is 1.55. The van der Waals surface area contributed by atoms with Crippen LogP contribution in [0.1, 0.15) is 23.2 Å². The molecule has 3 rings (SSSR count). The van der Waals surface area contributed by atoms with E-state index in [2.05, 4.69) is 22.7 Å². The Labute approximate surface area is 118 Å². The van der Waals surface area contributed by atoms with Crippen molar-refractivity contribution in [2.75, 3.05) is 7.11 Å². The fourth-order valence-corrected chi connectivity index (χ4v) is 3.08. The van der Waals surface area contributed by atoms with E-state index in [0.29, 0.717) is 29.1 Å². The number of nitrogens with one attached hydrogen (secondary N) is 1. The molecule has 4 nitrogen and oxygen atoms in total. The van der Waals surface area contributed by atoms with Crippen molar-refractivity contribution in [1.82, 2.24) is 5.43 Å². The van der Waals surface area contributed by atoms with E-state index in [4.69, 9.17) is 4.74 Å². The number of carbonyl (C=O) groups is 1. The number of rotatable bonds is 4. The molecule has 1 saturated carbocycles. The van der Waals surface area contributed by atoms with Gasteiger partial charge in [0.25, 0.3) is 5.91 Å². The molecule has 0 spiro atoms. The first-order chi connectivity index (χ1) is 9.78. The summed E-state index contributed by atoms with van der Waals surface area (Å²) in [6.45, 7) is 0. The van der Waals surface area contributed by atoms with Crippen molar-refractivity contribution in [1.29, 1.82) is 0 Å². The Morgan fingerprint density at radius 2 is 2.20 bits per heavy atom. The van der Waals surface area contributed by atoms with Crippen molar-refractivity contribution in [3.05, 3.63) is 42.0 Å². The summed E-state index contributed by atoms with van der Waals surface area (Å²) < 4.78 is 5.16. The number of nitrogens with zero attached hydrogens (tertiary/aromatic N) is 1. The van der Waals surface area contributed by atoms with Gasteiger partial charge in [-0.15, -0.1) is 0 Å². The van der Waals surface area contributed by atoms with Gasteiger partial charge in [-0.2, -0.15) is 5.10 Å². The highest BCUT2D eigenvalue weighted by Crippen LogP contribution is 2.42. The molecule has 3 atom stereocenters. The monoisotopic (exact) mass is 270 g/mol. The van der Waals surface area contributed by atoms with Gasteiger partial charge in [-0.1, -0.05) is 24.3 Å². The lowest BCUT2D eigenvalue weighted by atomic mass is 9.95. The number of hydrogen-bond acceptors (Lipinski definition) is 3. The van der Waals surface area contributed by atoms with E-state index >= 15 is 0 Å². The van der Waals surface area contributed by atoms with Crippen LogP contribution in [0, 0.1) is 17.8 Å². The number of allylic oxidation sites excluding steroid dienone is 2. The molecule has 2 bridgehead atoms. The Hall–Kier alpha value is -2.10. The van der Waals surface area contributed by atoms with Crippen LogP contribution in [-0.2, 0) is 0 Å². The highest BCUT2D eigenvalue weighted by molar-refractivity contribution is 5.97. The van der Waals surface area contributed by atoms with Crippen molar-refractivity contribution in [3.63, 3.8) is 0 Å². The molecule has 1 N–H and O–H groups in total. The second kappa shape index (κ2) is 5.49. The Morgan fingerprint density at radius 1 is 1.35 bits per heavy atom. The Morgan fingerprint density at radius 3 is 2.90 bits per heavy atom. The number of ether oxygens (including phenoxy) is 1. The number of methoxy groups -OCH3 is 1. The Bertz CT molecular complexity index is 565. The third-order valence-corrected chi connectivity index (χ3v) is 4.11. The summed E-state index contributed by atoms with van der Waals surface area (Å²) in [4.78, 5) is 12.0. The van der Waals surface area contributed by atoms with Crippen LogP contribution in [0.15, 0.2) is 41.5 Å². The number of benzene rings is 1. The third kappa shape index (κ3) is 2.46.